The van der Waals surface area contributed by atoms with Crippen molar-refractivity contribution in [2.45, 2.75) is 32.1 Å². The molecule has 0 aromatic carbocycles. The maximum absolute atomic E-state index is 9.99. The Hall–Kier alpha value is -1.18. The van der Waals surface area contributed by atoms with Gasteiger partial charge < -0.3 is 25.8 Å². The van der Waals surface area contributed by atoms with Gasteiger partial charge in [0, 0.05) is 13.5 Å². The van der Waals surface area contributed by atoms with E-state index in [0.717, 1.165) is 0 Å². The second-order valence-corrected chi connectivity index (χ2v) is 2.71. The number of aliphatic hydroxyl groups excluding tert-OH is 1. The van der Waals surface area contributed by atoms with Crippen LogP contribution in [0, 0.1) is 0 Å². The van der Waals surface area contributed by atoms with Crippen molar-refractivity contribution >= 4 is 11.9 Å². The molecule has 7 heteroatoms. The van der Waals surface area contributed by atoms with Gasteiger partial charge in [-0.15, -0.1) is 0 Å². The third kappa shape index (κ3) is 15.6. The van der Waals surface area contributed by atoms with E-state index in [1.807, 2.05) is 0 Å². The lowest BCUT2D eigenvalue weighted by Gasteiger charge is -2.01. The minimum atomic E-state index is -1.17. The number of ether oxygens (including phenoxy) is 1. The van der Waals surface area contributed by atoms with E-state index < -0.39 is 24.3 Å². The van der Waals surface area contributed by atoms with Gasteiger partial charge in [0.1, 0.15) is 6.04 Å². The lowest BCUT2D eigenvalue weighted by molar-refractivity contribution is -0.139. The van der Waals surface area contributed by atoms with Crippen LogP contribution in [0.5, 0.6) is 0 Å². The number of nitrogens with two attached hydrogens (primary N) is 1. The van der Waals surface area contributed by atoms with Gasteiger partial charge in [-0.05, 0) is 13.3 Å². The molecular formula is C8H17NO6. The van der Waals surface area contributed by atoms with Gasteiger partial charge in [0.25, 0.3) is 0 Å². The number of hydrogen-bond acceptors (Lipinski definition) is 5. The van der Waals surface area contributed by atoms with E-state index in [1.165, 1.54) is 7.11 Å². The van der Waals surface area contributed by atoms with Crippen LogP contribution < -0.4 is 5.73 Å². The number of carboxylic acids is 2. The highest BCUT2D eigenvalue weighted by atomic mass is 16.6. The first-order valence-corrected chi connectivity index (χ1v) is 4.22. The lowest BCUT2D eigenvalue weighted by Crippen LogP contribution is -2.30. The fraction of sp³-hybridized carbons (Fsp3) is 0.750. The second-order valence-electron chi connectivity index (χ2n) is 2.71. The molecule has 0 heterocycles. The van der Waals surface area contributed by atoms with Gasteiger partial charge in [-0.2, -0.15) is 0 Å². The van der Waals surface area contributed by atoms with E-state index in [4.69, 9.17) is 21.1 Å². The maximum atomic E-state index is 9.99. The van der Waals surface area contributed by atoms with E-state index in [9.17, 15) is 9.59 Å². The number of carboxylic acid groups (broad SMARTS) is 2. The summed E-state index contributed by atoms with van der Waals surface area (Å²) in [5.41, 5.74) is 5.00. The summed E-state index contributed by atoms with van der Waals surface area (Å²) >= 11 is 0. The van der Waals surface area contributed by atoms with Crippen LogP contribution in [0.1, 0.15) is 19.8 Å². The van der Waals surface area contributed by atoms with Gasteiger partial charge >= 0.3 is 11.9 Å². The minimum absolute atomic E-state index is 0.0231. The van der Waals surface area contributed by atoms with Crippen molar-refractivity contribution in [2.24, 2.45) is 5.73 Å². The van der Waals surface area contributed by atoms with Crippen LogP contribution in [-0.2, 0) is 14.3 Å². The van der Waals surface area contributed by atoms with Gasteiger partial charge in [0.15, 0.2) is 6.29 Å². The molecular weight excluding hydrogens is 206 g/mol. The summed E-state index contributed by atoms with van der Waals surface area (Å²) in [5.74, 6) is -2.20. The number of methoxy groups -OCH3 is 1. The number of aliphatic hydroxyl groups is 1. The van der Waals surface area contributed by atoms with Crippen molar-refractivity contribution in [2.75, 3.05) is 7.11 Å². The van der Waals surface area contributed by atoms with Crippen molar-refractivity contribution in [3.63, 3.8) is 0 Å². The summed E-state index contributed by atoms with van der Waals surface area (Å²) in [6.07, 6.45) is -0.840. The molecule has 0 amide bonds. The molecule has 5 N–H and O–H groups in total. The topological polar surface area (TPSA) is 130 Å². The van der Waals surface area contributed by atoms with Gasteiger partial charge in [-0.1, -0.05) is 0 Å². The van der Waals surface area contributed by atoms with Crippen LogP contribution in [0.4, 0.5) is 0 Å². The fourth-order valence-electron chi connectivity index (χ4n) is 0.402. The number of rotatable bonds is 5. The third-order valence-corrected chi connectivity index (χ3v) is 1.33. The summed E-state index contributed by atoms with van der Waals surface area (Å²) in [5, 5.41) is 24.4. The molecule has 0 saturated heterocycles. The molecule has 0 aromatic heterocycles. The van der Waals surface area contributed by atoms with Crippen LogP contribution in [0.3, 0.4) is 0 Å². The van der Waals surface area contributed by atoms with E-state index in [1.54, 1.807) is 6.92 Å². The average molecular weight is 223 g/mol. The Bertz CT molecular complexity index is 194. The van der Waals surface area contributed by atoms with E-state index >= 15 is 0 Å². The Balaban J connectivity index is 0. The molecule has 90 valence electrons. The molecule has 0 fully saturated rings. The lowest BCUT2D eigenvalue weighted by atomic mass is 10.2. The van der Waals surface area contributed by atoms with Crippen LogP contribution >= 0.6 is 0 Å². The molecule has 0 saturated carbocycles. The molecule has 0 rings (SSSR count). The normalized spacial score (nSPS) is 13.3. The quantitative estimate of drug-likeness (QED) is 0.450. The molecule has 0 aliphatic rings. The van der Waals surface area contributed by atoms with Gasteiger partial charge in [0.2, 0.25) is 0 Å². The molecule has 0 spiro atoms. The van der Waals surface area contributed by atoms with Gasteiger partial charge in [-0.3, -0.25) is 9.59 Å². The van der Waals surface area contributed by atoms with Crippen LogP contribution in [0.2, 0.25) is 0 Å². The molecule has 2 atom stereocenters. The Labute approximate surface area is 87.5 Å². The molecule has 0 radical (unpaired) electrons. The fourth-order valence-corrected chi connectivity index (χ4v) is 0.402. The highest BCUT2D eigenvalue weighted by molar-refractivity contribution is 5.74. The highest BCUT2D eigenvalue weighted by Crippen LogP contribution is 1.93. The minimum Gasteiger partial charge on any atom is -0.481 e. The second kappa shape index (κ2) is 9.38. The summed E-state index contributed by atoms with van der Waals surface area (Å²) in [7, 11) is 1.45. The maximum Gasteiger partial charge on any atom is 0.320 e. The zero-order valence-corrected chi connectivity index (χ0v) is 8.71. The Morgan fingerprint density at radius 1 is 1.40 bits per heavy atom. The number of hydrogen-bond donors (Lipinski definition) is 4. The SMILES string of the molecule is COC(C)O.NC(CCC(=O)O)C(=O)O. The van der Waals surface area contributed by atoms with Crippen LogP contribution in [0.15, 0.2) is 0 Å². The predicted molar refractivity (Wildman–Crippen MR) is 51.2 cm³/mol. The summed E-state index contributed by atoms with van der Waals surface area (Å²) in [6, 6.07) is -1.06. The molecule has 0 aromatic rings. The summed E-state index contributed by atoms with van der Waals surface area (Å²) in [6.45, 7) is 1.56. The van der Waals surface area contributed by atoms with E-state index in [2.05, 4.69) is 4.74 Å². The summed E-state index contributed by atoms with van der Waals surface area (Å²) < 4.78 is 4.31. The first-order valence-electron chi connectivity index (χ1n) is 4.22. The predicted octanol–water partition coefficient (Wildman–Crippen LogP) is -0.766. The average Bonchev–Trinajstić information content (AvgIpc) is 2.14. The Morgan fingerprint density at radius 2 is 1.80 bits per heavy atom. The molecule has 0 bridgehead atoms. The molecule has 0 aliphatic carbocycles. The van der Waals surface area contributed by atoms with Crippen molar-refractivity contribution in [1.29, 1.82) is 0 Å². The first kappa shape index (κ1) is 16.3. The van der Waals surface area contributed by atoms with Crippen molar-refractivity contribution in [3.05, 3.63) is 0 Å². The Kier molecular flexibility index (Phi) is 10.2. The Morgan fingerprint density at radius 3 is 2.00 bits per heavy atom. The van der Waals surface area contributed by atoms with E-state index in [-0.39, 0.29) is 12.8 Å². The van der Waals surface area contributed by atoms with Gasteiger partial charge in [-0.25, -0.2) is 0 Å². The molecule has 0 aliphatic heterocycles. The zero-order valence-electron chi connectivity index (χ0n) is 8.71. The van der Waals surface area contributed by atoms with E-state index in [0.29, 0.717) is 0 Å². The number of carbonyl (C=O) groups is 2. The third-order valence-electron chi connectivity index (χ3n) is 1.33. The largest absolute Gasteiger partial charge is 0.481 e. The molecule has 2 unspecified atom stereocenters. The van der Waals surface area contributed by atoms with Crippen molar-refractivity contribution in [1.82, 2.24) is 0 Å². The smallest absolute Gasteiger partial charge is 0.320 e. The monoisotopic (exact) mass is 223 g/mol. The standard InChI is InChI=1S/C5H9NO4.C3H8O2/c6-3(5(9)10)1-2-4(7)8;1-3(4)5-2/h3H,1-2,6H2,(H,7,8)(H,9,10);3-4H,1-2H3. The number of aliphatic carboxylic acids is 2. The molecule has 7 nitrogen and oxygen atoms in total. The van der Waals surface area contributed by atoms with Crippen LogP contribution in [-0.4, -0.2) is 46.7 Å². The van der Waals surface area contributed by atoms with Crippen molar-refractivity contribution < 1.29 is 29.6 Å². The zero-order chi connectivity index (χ0) is 12.4. The van der Waals surface area contributed by atoms with Crippen LogP contribution in [0.25, 0.3) is 0 Å². The van der Waals surface area contributed by atoms with Gasteiger partial charge in [0.05, 0.1) is 0 Å². The first-order chi connectivity index (χ1) is 6.81. The summed E-state index contributed by atoms with van der Waals surface area (Å²) in [4.78, 5) is 19.9. The van der Waals surface area contributed by atoms with Crippen molar-refractivity contribution in [3.8, 4) is 0 Å². The highest BCUT2D eigenvalue weighted by Gasteiger charge is 2.12. The molecule has 15 heavy (non-hydrogen) atoms.